The van der Waals surface area contributed by atoms with E-state index in [1.54, 1.807) is 29.2 Å². The Hall–Kier alpha value is -2.88. The molecule has 2 aromatic rings. The molecule has 0 saturated carbocycles. The standard InChI is InChI=1S/C22H26N4O2/c23-16-19-7-4-8-20(15-19)24-22(28)26(13-14-27)21-9-11-25(12-10-21)17-18-5-2-1-3-6-18/h1-8,15,21,27H,9-14,17H2,(H,24,28). The molecule has 2 amide bonds. The van der Waals surface area contributed by atoms with E-state index in [1.807, 2.05) is 6.07 Å². The first-order valence-electron chi connectivity index (χ1n) is 9.64. The smallest absolute Gasteiger partial charge is 0.322 e. The zero-order valence-corrected chi connectivity index (χ0v) is 15.9. The molecule has 2 aromatic carbocycles. The van der Waals surface area contributed by atoms with Gasteiger partial charge in [-0.25, -0.2) is 4.79 Å². The molecule has 1 aliphatic heterocycles. The van der Waals surface area contributed by atoms with E-state index in [0.29, 0.717) is 17.8 Å². The fraction of sp³-hybridized carbons (Fsp3) is 0.364. The second-order valence-electron chi connectivity index (χ2n) is 7.03. The van der Waals surface area contributed by atoms with Gasteiger partial charge in [0.2, 0.25) is 0 Å². The monoisotopic (exact) mass is 378 g/mol. The number of nitriles is 1. The molecule has 0 aliphatic carbocycles. The van der Waals surface area contributed by atoms with Crippen LogP contribution in [-0.2, 0) is 6.54 Å². The van der Waals surface area contributed by atoms with Crippen LogP contribution in [0.15, 0.2) is 54.6 Å². The molecule has 6 nitrogen and oxygen atoms in total. The summed E-state index contributed by atoms with van der Waals surface area (Å²) in [5, 5.41) is 21.3. The van der Waals surface area contributed by atoms with Crippen LogP contribution in [0.1, 0.15) is 24.0 Å². The fourth-order valence-corrected chi connectivity index (χ4v) is 3.65. The Kier molecular flexibility index (Phi) is 7.01. The number of piperidine rings is 1. The maximum absolute atomic E-state index is 12.8. The second-order valence-corrected chi connectivity index (χ2v) is 7.03. The van der Waals surface area contributed by atoms with Crippen molar-refractivity contribution in [1.29, 1.82) is 5.26 Å². The predicted molar refractivity (Wildman–Crippen MR) is 109 cm³/mol. The van der Waals surface area contributed by atoms with E-state index < -0.39 is 0 Å². The number of carbonyl (C=O) groups is 1. The van der Waals surface area contributed by atoms with E-state index in [4.69, 9.17) is 5.26 Å². The van der Waals surface area contributed by atoms with Crippen molar-refractivity contribution in [2.45, 2.75) is 25.4 Å². The molecule has 1 heterocycles. The molecule has 28 heavy (non-hydrogen) atoms. The number of urea groups is 1. The van der Waals surface area contributed by atoms with Gasteiger partial charge in [-0.05, 0) is 36.6 Å². The van der Waals surface area contributed by atoms with Crippen molar-refractivity contribution in [1.82, 2.24) is 9.80 Å². The maximum Gasteiger partial charge on any atom is 0.322 e. The number of hydrogen-bond acceptors (Lipinski definition) is 4. The Morgan fingerprint density at radius 3 is 2.61 bits per heavy atom. The number of anilines is 1. The Morgan fingerprint density at radius 1 is 1.18 bits per heavy atom. The lowest BCUT2D eigenvalue weighted by Gasteiger charge is -2.38. The molecule has 2 N–H and O–H groups in total. The first kappa shape index (κ1) is 19.9. The number of aliphatic hydroxyl groups excluding tert-OH is 1. The van der Waals surface area contributed by atoms with Crippen LogP contribution in [0.25, 0.3) is 0 Å². The number of rotatable bonds is 6. The number of aliphatic hydroxyl groups is 1. The van der Waals surface area contributed by atoms with Gasteiger partial charge in [0.05, 0.1) is 18.2 Å². The van der Waals surface area contributed by atoms with E-state index >= 15 is 0 Å². The zero-order valence-electron chi connectivity index (χ0n) is 15.9. The molecule has 146 valence electrons. The minimum atomic E-state index is -0.231. The Bertz CT molecular complexity index is 811. The van der Waals surface area contributed by atoms with Gasteiger partial charge in [0.1, 0.15) is 0 Å². The van der Waals surface area contributed by atoms with Gasteiger partial charge in [0, 0.05) is 37.9 Å². The molecule has 3 rings (SSSR count). The molecule has 0 atom stereocenters. The molecular formula is C22H26N4O2. The van der Waals surface area contributed by atoms with Crippen molar-refractivity contribution < 1.29 is 9.90 Å². The van der Waals surface area contributed by atoms with Crippen molar-refractivity contribution >= 4 is 11.7 Å². The summed E-state index contributed by atoms with van der Waals surface area (Å²) in [6, 6.07) is 19.2. The number of amides is 2. The minimum absolute atomic E-state index is 0.0735. The topological polar surface area (TPSA) is 79.6 Å². The zero-order chi connectivity index (χ0) is 19.8. The van der Waals surface area contributed by atoms with E-state index in [9.17, 15) is 9.90 Å². The summed E-state index contributed by atoms with van der Waals surface area (Å²) in [5.41, 5.74) is 2.39. The lowest BCUT2D eigenvalue weighted by Crippen LogP contribution is -2.49. The van der Waals surface area contributed by atoms with Crippen LogP contribution in [0.3, 0.4) is 0 Å². The van der Waals surface area contributed by atoms with Gasteiger partial charge in [-0.1, -0.05) is 36.4 Å². The van der Waals surface area contributed by atoms with Crippen molar-refractivity contribution in [3.8, 4) is 6.07 Å². The van der Waals surface area contributed by atoms with Crippen LogP contribution in [0.5, 0.6) is 0 Å². The van der Waals surface area contributed by atoms with Gasteiger partial charge in [-0.3, -0.25) is 4.90 Å². The van der Waals surface area contributed by atoms with E-state index in [1.165, 1.54) is 5.56 Å². The molecule has 0 aromatic heterocycles. The third-order valence-electron chi connectivity index (χ3n) is 5.09. The van der Waals surface area contributed by atoms with Crippen LogP contribution in [0, 0.1) is 11.3 Å². The van der Waals surface area contributed by atoms with Gasteiger partial charge in [0.25, 0.3) is 0 Å². The molecule has 0 spiro atoms. The van der Waals surface area contributed by atoms with Crippen molar-refractivity contribution in [2.24, 2.45) is 0 Å². The summed E-state index contributed by atoms with van der Waals surface area (Å²) in [5.74, 6) is 0. The van der Waals surface area contributed by atoms with Gasteiger partial charge < -0.3 is 15.3 Å². The predicted octanol–water partition coefficient (Wildman–Crippen LogP) is 3.05. The highest BCUT2D eigenvalue weighted by molar-refractivity contribution is 5.89. The number of carbonyl (C=O) groups excluding carboxylic acids is 1. The molecule has 1 aliphatic rings. The van der Waals surface area contributed by atoms with Crippen LogP contribution in [0.4, 0.5) is 10.5 Å². The third kappa shape index (κ3) is 5.32. The van der Waals surface area contributed by atoms with E-state index in [-0.39, 0.29) is 18.7 Å². The van der Waals surface area contributed by atoms with Gasteiger partial charge in [-0.15, -0.1) is 0 Å². The molecule has 0 unspecified atom stereocenters. The second kappa shape index (κ2) is 9.88. The highest BCUT2D eigenvalue weighted by Crippen LogP contribution is 2.20. The third-order valence-corrected chi connectivity index (χ3v) is 5.09. The van der Waals surface area contributed by atoms with Crippen molar-refractivity contribution in [2.75, 3.05) is 31.6 Å². The van der Waals surface area contributed by atoms with E-state index in [0.717, 1.165) is 32.5 Å². The van der Waals surface area contributed by atoms with Crippen LogP contribution in [0.2, 0.25) is 0 Å². The van der Waals surface area contributed by atoms with Crippen LogP contribution >= 0.6 is 0 Å². The molecule has 0 radical (unpaired) electrons. The molecule has 0 bridgehead atoms. The average Bonchev–Trinajstić information content (AvgIpc) is 2.73. The van der Waals surface area contributed by atoms with Gasteiger partial charge in [-0.2, -0.15) is 5.26 Å². The molecule has 1 saturated heterocycles. The number of nitrogens with one attached hydrogen (secondary N) is 1. The highest BCUT2D eigenvalue weighted by Gasteiger charge is 2.27. The maximum atomic E-state index is 12.8. The largest absolute Gasteiger partial charge is 0.395 e. The average molecular weight is 378 g/mol. The molecule has 1 fully saturated rings. The van der Waals surface area contributed by atoms with Crippen molar-refractivity contribution in [3.63, 3.8) is 0 Å². The quantitative estimate of drug-likeness (QED) is 0.810. The number of benzene rings is 2. The summed E-state index contributed by atoms with van der Waals surface area (Å²) >= 11 is 0. The molecular weight excluding hydrogens is 352 g/mol. The van der Waals surface area contributed by atoms with Gasteiger partial charge >= 0.3 is 6.03 Å². The molecule has 6 heteroatoms. The fourth-order valence-electron chi connectivity index (χ4n) is 3.65. The summed E-state index contributed by atoms with van der Waals surface area (Å²) in [7, 11) is 0. The number of likely N-dealkylation sites (tertiary alicyclic amines) is 1. The van der Waals surface area contributed by atoms with Crippen molar-refractivity contribution in [3.05, 3.63) is 65.7 Å². The van der Waals surface area contributed by atoms with Crippen LogP contribution in [-0.4, -0.2) is 53.2 Å². The van der Waals surface area contributed by atoms with Gasteiger partial charge in [0.15, 0.2) is 0 Å². The Morgan fingerprint density at radius 2 is 1.93 bits per heavy atom. The highest BCUT2D eigenvalue weighted by atomic mass is 16.3. The number of nitrogens with zero attached hydrogens (tertiary/aromatic N) is 3. The van der Waals surface area contributed by atoms with E-state index in [2.05, 4.69) is 40.6 Å². The Balaban J connectivity index is 1.58. The normalized spacial score (nSPS) is 15.0. The lowest BCUT2D eigenvalue weighted by atomic mass is 10.0. The lowest BCUT2D eigenvalue weighted by molar-refractivity contribution is 0.110. The summed E-state index contributed by atoms with van der Waals surface area (Å²) in [4.78, 5) is 16.9. The summed E-state index contributed by atoms with van der Waals surface area (Å²) in [6.45, 7) is 2.97. The first-order chi connectivity index (χ1) is 13.7. The Labute approximate surface area is 166 Å². The first-order valence-corrected chi connectivity index (χ1v) is 9.64. The SMILES string of the molecule is N#Cc1cccc(NC(=O)N(CCO)C2CCN(Cc3ccccc3)CC2)c1. The van der Waals surface area contributed by atoms with Crippen LogP contribution < -0.4 is 5.32 Å². The summed E-state index contributed by atoms with van der Waals surface area (Å²) < 4.78 is 0. The minimum Gasteiger partial charge on any atom is -0.395 e. The summed E-state index contributed by atoms with van der Waals surface area (Å²) in [6.07, 6.45) is 1.75. The number of hydrogen-bond donors (Lipinski definition) is 2.